The van der Waals surface area contributed by atoms with Gasteiger partial charge < -0.3 is 10.2 Å². The Bertz CT molecular complexity index is 1490. The highest BCUT2D eigenvalue weighted by Crippen LogP contribution is 2.29. The van der Waals surface area contributed by atoms with Crippen molar-refractivity contribution < 1.29 is 18.0 Å². The van der Waals surface area contributed by atoms with Gasteiger partial charge in [0.25, 0.3) is 10.0 Å². The first-order valence-electron chi connectivity index (χ1n) is 13.8. The topological polar surface area (TPSA) is 86.8 Å². The van der Waals surface area contributed by atoms with Crippen LogP contribution >= 0.6 is 34.8 Å². The number of hydrogen-bond acceptors (Lipinski definition) is 4. The summed E-state index contributed by atoms with van der Waals surface area (Å²) in [5.41, 5.74) is 1.61. The van der Waals surface area contributed by atoms with Crippen molar-refractivity contribution in [2.24, 2.45) is 0 Å². The highest BCUT2D eigenvalue weighted by molar-refractivity contribution is 7.92. The van der Waals surface area contributed by atoms with Crippen LogP contribution in [0.5, 0.6) is 0 Å². The number of halogens is 3. The fourth-order valence-electron chi connectivity index (χ4n) is 4.98. The Hall–Kier alpha value is -2.78. The van der Waals surface area contributed by atoms with E-state index in [1.807, 2.05) is 6.92 Å². The number of amides is 2. The number of anilines is 1. The lowest BCUT2D eigenvalue weighted by atomic mass is 9.95. The molecule has 2 amide bonds. The van der Waals surface area contributed by atoms with Crippen molar-refractivity contribution in [1.82, 2.24) is 10.2 Å². The third-order valence-corrected chi connectivity index (χ3v) is 10.3. The summed E-state index contributed by atoms with van der Waals surface area (Å²) in [5.74, 6) is -0.916. The van der Waals surface area contributed by atoms with E-state index >= 15 is 0 Å². The quantitative estimate of drug-likeness (QED) is 0.256. The van der Waals surface area contributed by atoms with Gasteiger partial charge in [0.15, 0.2) is 0 Å². The maximum absolute atomic E-state index is 14.1. The number of carbonyl (C=O) groups is 2. The molecule has 3 aromatic carbocycles. The van der Waals surface area contributed by atoms with Crippen LogP contribution in [0.15, 0.2) is 71.6 Å². The molecule has 0 saturated heterocycles. The molecule has 0 unspecified atom stereocenters. The average molecular weight is 651 g/mol. The van der Waals surface area contributed by atoms with Crippen LogP contribution in [0.4, 0.5) is 5.69 Å². The summed E-state index contributed by atoms with van der Waals surface area (Å²) in [7, 11) is -4.18. The SMILES string of the molecule is Cc1ccc(S(=O)(=O)N(CC(=O)N(Cc2c(Cl)cccc2Cl)[C@@H](C)C(=O)NC2CCCCC2)c2ccc(Cl)cc2)cc1. The first kappa shape index (κ1) is 32.1. The van der Waals surface area contributed by atoms with Gasteiger partial charge in [-0.3, -0.25) is 13.9 Å². The molecule has 1 aliphatic rings. The third kappa shape index (κ3) is 7.78. The lowest BCUT2D eigenvalue weighted by Gasteiger charge is -2.33. The van der Waals surface area contributed by atoms with Gasteiger partial charge in [-0.25, -0.2) is 8.42 Å². The Balaban J connectivity index is 1.70. The molecule has 1 fully saturated rings. The van der Waals surface area contributed by atoms with Gasteiger partial charge in [-0.2, -0.15) is 0 Å². The van der Waals surface area contributed by atoms with Crippen molar-refractivity contribution in [1.29, 1.82) is 0 Å². The smallest absolute Gasteiger partial charge is 0.264 e. The van der Waals surface area contributed by atoms with E-state index in [9.17, 15) is 18.0 Å². The molecule has 1 aliphatic carbocycles. The Morgan fingerprint density at radius 2 is 1.50 bits per heavy atom. The molecular weight excluding hydrogens is 617 g/mol. The van der Waals surface area contributed by atoms with Crippen LogP contribution in [0.1, 0.15) is 50.2 Å². The Labute approximate surface area is 262 Å². The summed E-state index contributed by atoms with van der Waals surface area (Å²) < 4.78 is 28.9. The number of benzene rings is 3. The zero-order valence-electron chi connectivity index (χ0n) is 23.5. The fourth-order valence-corrected chi connectivity index (χ4v) is 7.04. The largest absolute Gasteiger partial charge is 0.352 e. The van der Waals surface area contributed by atoms with Crippen LogP contribution in [0, 0.1) is 6.92 Å². The Morgan fingerprint density at radius 3 is 2.10 bits per heavy atom. The summed E-state index contributed by atoms with van der Waals surface area (Å²) in [5, 5.41) is 4.16. The van der Waals surface area contributed by atoms with Crippen molar-refractivity contribution in [3.63, 3.8) is 0 Å². The van der Waals surface area contributed by atoms with E-state index in [0.29, 0.717) is 20.6 Å². The highest BCUT2D eigenvalue weighted by Gasteiger charge is 2.33. The first-order chi connectivity index (χ1) is 20.0. The lowest BCUT2D eigenvalue weighted by Crippen LogP contribution is -2.53. The Kier molecular flexibility index (Phi) is 10.8. The molecule has 0 bridgehead atoms. The number of hydrogen-bond donors (Lipinski definition) is 1. The van der Waals surface area contributed by atoms with Gasteiger partial charge in [0, 0.05) is 33.2 Å². The van der Waals surface area contributed by atoms with Crippen LogP contribution in [-0.2, 0) is 26.2 Å². The summed E-state index contributed by atoms with van der Waals surface area (Å²) in [4.78, 5) is 28.9. The standard InChI is InChI=1S/C31H34Cl3N3O4S/c1-21-11-17-26(18-12-21)42(40,41)37(25-15-13-23(32)14-16-25)20-30(38)36(19-27-28(33)9-6-10-29(27)34)22(2)31(39)35-24-7-4-3-5-8-24/h6,9-18,22,24H,3-5,7-8,19-20H2,1-2H3,(H,35,39)/t22-/m0/s1. The molecule has 0 aliphatic heterocycles. The van der Waals surface area contributed by atoms with Crippen LogP contribution < -0.4 is 9.62 Å². The zero-order valence-corrected chi connectivity index (χ0v) is 26.6. The number of rotatable bonds is 10. The van der Waals surface area contributed by atoms with Gasteiger partial charge in [-0.05, 0) is 75.2 Å². The third-order valence-electron chi connectivity index (χ3n) is 7.51. The van der Waals surface area contributed by atoms with Crippen molar-refractivity contribution in [3.05, 3.63) is 92.9 Å². The second-order valence-corrected chi connectivity index (χ2v) is 13.7. The molecule has 1 atom stereocenters. The number of nitrogens with one attached hydrogen (secondary N) is 1. The van der Waals surface area contributed by atoms with Crippen LogP contribution in [0.2, 0.25) is 15.1 Å². The highest BCUT2D eigenvalue weighted by atomic mass is 35.5. The monoisotopic (exact) mass is 649 g/mol. The van der Waals surface area contributed by atoms with E-state index in [4.69, 9.17) is 34.8 Å². The van der Waals surface area contributed by atoms with E-state index < -0.39 is 28.5 Å². The molecule has 11 heteroatoms. The van der Waals surface area contributed by atoms with Gasteiger partial charge in [0.1, 0.15) is 12.6 Å². The Morgan fingerprint density at radius 1 is 0.905 bits per heavy atom. The first-order valence-corrected chi connectivity index (χ1v) is 16.4. The summed E-state index contributed by atoms with van der Waals surface area (Å²) >= 11 is 19.0. The van der Waals surface area contributed by atoms with E-state index in [-0.39, 0.29) is 29.1 Å². The summed E-state index contributed by atoms with van der Waals surface area (Å²) in [6.07, 6.45) is 4.95. The fraction of sp³-hybridized carbons (Fsp3) is 0.355. The molecule has 0 heterocycles. The predicted octanol–water partition coefficient (Wildman–Crippen LogP) is 7.02. The summed E-state index contributed by atoms with van der Waals surface area (Å²) in [6, 6.07) is 16.7. The molecule has 1 N–H and O–H groups in total. The molecule has 0 aromatic heterocycles. The maximum atomic E-state index is 14.1. The minimum atomic E-state index is -4.18. The molecular formula is C31H34Cl3N3O4S. The van der Waals surface area contributed by atoms with Crippen LogP contribution in [0.25, 0.3) is 0 Å². The van der Waals surface area contributed by atoms with E-state index in [2.05, 4.69) is 5.32 Å². The minimum absolute atomic E-state index is 0.0274. The summed E-state index contributed by atoms with van der Waals surface area (Å²) in [6.45, 7) is 2.83. The molecule has 0 radical (unpaired) electrons. The van der Waals surface area contributed by atoms with Gasteiger partial charge in [0.2, 0.25) is 11.8 Å². The maximum Gasteiger partial charge on any atom is 0.264 e. The van der Waals surface area contributed by atoms with Gasteiger partial charge in [-0.15, -0.1) is 0 Å². The number of carbonyl (C=O) groups excluding carboxylic acids is 2. The molecule has 4 rings (SSSR count). The van der Waals surface area contributed by atoms with E-state index in [0.717, 1.165) is 42.0 Å². The van der Waals surface area contributed by atoms with Gasteiger partial charge in [0.05, 0.1) is 10.6 Å². The molecule has 3 aromatic rings. The van der Waals surface area contributed by atoms with Crippen LogP contribution in [-0.4, -0.2) is 43.8 Å². The number of aryl methyl sites for hydroxylation is 1. The molecule has 224 valence electrons. The average Bonchev–Trinajstić information content (AvgIpc) is 2.96. The lowest BCUT2D eigenvalue weighted by molar-refractivity contribution is -0.139. The van der Waals surface area contributed by atoms with Crippen molar-refractivity contribution in [2.75, 3.05) is 10.8 Å². The van der Waals surface area contributed by atoms with Crippen molar-refractivity contribution in [3.8, 4) is 0 Å². The van der Waals surface area contributed by atoms with Crippen molar-refractivity contribution >= 4 is 62.3 Å². The second kappa shape index (κ2) is 14.1. The number of nitrogens with zero attached hydrogens (tertiary/aromatic N) is 2. The second-order valence-electron chi connectivity index (χ2n) is 10.5. The van der Waals surface area contributed by atoms with E-state index in [1.54, 1.807) is 49.4 Å². The van der Waals surface area contributed by atoms with Gasteiger partial charge >= 0.3 is 0 Å². The van der Waals surface area contributed by atoms with E-state index in [1.165, 1.54) is 29.2 Å². The predicted molar refractivity (Wildman–Crippen MR) is 169 cm³/mol. The minimum Gasteiger partial charge on any atom is -0.352 e. The molecule has 42 heavy (non-hydrogen) atoms. The van der Waals surface area contributed by atoms with Crippen molar-refractivity contribution in [2.45, 2.75) is 69.5 Å². The van der Waals surface area contributed by atoms with Gasteiger partial charge in [-0.1, -0.05) is 77.8 Å². The normalized spacial score (nSPS) is 14.7. The number of sulfonamides is 1. The van der Waals surface area contributed by atoms with Crippen LogP contribution in [0.3, 0.4) is 0 Å². The molecule has 7 nitrogen and oxygen atoms in total. The molecule has 1 saturated carbocycles. The zero-order chi connectivity index (χ0) is 30.4. The molecule has 0 spiro atoms.